The van der Waals surface area contributed by atoms with Gasteiger partial charge >= 0.3 is 5.97 Å². The highest BCUT2D eigenvalue weighted by molar-refractivity contribution is 5.88. The van der Waals surface area contributed by atoms with Crippen LogP contribution in [0.4, 0.5) is 0 Å². The lowest BCUT2D eigenvalue weighted by Gasteiger charge is -2.36. The second-order valence-electron chi connectivity index (χ2n) is 7.54. The molecule has 0 fully saturated rings. The van der Waals surface area contributed by atoms with Crippen LogP contribution < -0.4 is 0 Å². The number of ether oxygens (including phenoxy) is 2. The number of H-pyrrole nitrogens is 1. The summed E-state index contributed by atoms with van der Waals surface area (Å²) in [7, 11) is 0. The molecule has 0 bridgehead atoms. The molecule has 0 saturated carbocycles. The van der Waals surface area contributed by atoms with Crippen molar-refractivity contribution in [3.05, 3.63) is 35.0 Å². The maximum Gasteiger partial charge on any atom is 0.309 e. The topological polar surface area (TPSA) is 54.6 Å². The molecule has 1 atom stereocenters. The van der Waals surface area contributed by atoms with Crippen LogP contribution >= 0.6 is 0 Å². The molecular formula is C23H34N2O3. The van der Waals surface area contributed by atoms with E-state index < -0.39 is 5.60 Å². The van der Waals surface area contributed by atoms with E-state index >= 15 is 0 Å². The summed E-state index contributed by atoms with van der Waals surface area (Å²) in [5, 5.41) is 1.27. The predicted molar refractivity (Wildman–Crippen MR) is 113 cm³/mol. The van der Waals surface area contributed by atoms with Crippen LogP contribution in [0.5, 0.6) is 0 Å². The van der Waals surface area contributed by atoms with Crippen LogP contribution in [0.15, 0.2) is 18.2 Å². The first-order valence-corrected chi connectivity index (χ1v) is 10.7. The molecule has 3 rings (SSSR count). The number of hydrogen-bond donors (Lipinski definition) is 1. The van der Waals surface area contributed by atoms with E-state index in [9.17, 15) is 4.79 Å². The van der Waals surface area contributed by atoms with E-state index in [-0.39, 0.29) is 12.4 Å². The second kappa shape index (κ2) is 9.10. The Balaban J connectivity index is 1.82. The van der Waals surface area contributed by atoms with Gasteiger partial charge < -0.3 is 19.4 Å². The summed E-state index contributed by atoms with van der Waals surface area (Å²) in [5.41, 5.74) is 4.24. The normalized spacial score (nSPS) is 19.2. The molecule has 0 spiro atoms. The Labute approximate surface area is 168 Å². The Morgan fingerprint density at radius 1 is 1.25 bits per heavy atom. The van der Waals surface area contributed by atoms with Gasteiger partial charge in [-0.25, -0.2) is 0 Å². The largest absolute Gasteiger partial charge is 0.464 e. The molecule has 1 aliphatic rings. The van der Waals surface area contributed by atoms with Gasteiger partial charge in [0.1, 0.15) is 12.2 Å². The zero-order valence-electron chi connectivity index (χ0n) is 17.8. The highest BCUT2D eigenvalue weighted by atomic mass is 16.5. The zero-order valence-corrected chi connectivity index (χ0v) is 17.8. The fraction of sp³-hybridized carbons (Fsp3) is 0.609. The Morgan fingerprint density at radius 2 is 2.04 bits per heavy atom. The van der Waals surface area contributed by atoms with Gasteiger partial charge in [0.15, 0.2) is 0 Å². The number of esters is 1. The van der Waals surface area contributed by atoms with Crippen molar-refractivity contribution in [2.24, 2.45) is 0 Å². The van der Waals surface area contributed by atoms with E-state index in [1.807, 2.05) is 0 Å². The van der Waals surface area contributed by atoms with Crippen LogP contribution in [0.2, 0.25) is 0 Å². The summed E-state index contributed by atoms with van der Waals surface area (Å²) in [4.78, 5) is 18.5. The van der Waals surface area contributed by atoms with Gasteiger partial charge in [-0.05, 0) is 43.5 Å². The molecule has 2 heterocycles. The van der Waals surface area contributed by atoms with E-state index in [0.29, 0.717) is 13.2 Å². The molecule has 0 radical (unpaired) electrons. The third kappa shape index (κ3) is 3.96. The van der Waals surface area contributed by atoms with E-state index in [0.717, 1.165) is 44.6 Å². The minimum absolute atomic E-state index is 0.184. The maximum absolute atomic E-state index is 12.6. The molecule has 1 aliphatic heterocycles. The molecule has 1 aromatic heterocycles. The number of nitrogens with zero attached hydrogens (tertiary/aromatic N) is 1. The van der Waals surface area contributed by atoms with Gasteiger partial charge in [-0.3, -0.25) is 4.79 Å². The fourth-order valence-corrected chi connectivity index (χ4v) is 4.35. The number of aryl methyl sites for hydroxylation is 1. The smallest absolute Gasteiger partial charge is 0.309 e. The Hall–Kier alpha value is -1.85. The SMILES string of the molecule is CCc1cccc2c3c([nH]c12)C(CC)(CC(=O)OCCN(CC)CC)OCC3. The molecule has 0 saturated heterocycles. The number of nitrogens with one attached hydrogen (secondary N) is 1. The molecule has 2 aromatic rings. The van der Waals surface area contributed by atoms with Crippen LogP contribution in [0.3, 0.4) is 0 Å². The number of carbonyl (C=O) groups excluding carboxylic acids is 1. The highest BCUT2D eigenvalue weighted by Crippen LogP contribution is 2.42. The van der Waals surface area contributed by atoms with Gasteiger partial charge in [-0.2, -0.15) is 0 Å². The monoisotopic (exact) mass is 386 g/mol. The maximum atomic E-state index is 12.6. The molecule has 28 heavy (non-hydrogen) atoms. The van der Waals surface area contributed by atoms with Gasteiger partial charge in [-0.1, -0.05) is 45.9 Å². The van der Waals surface area contributed by atoms with Crippen LogP contribution in [0, 0.1) is 0 Å². The molecule has 5 nitrogen and oxygen atoms in total. The standard InChI is InChI=1S/C23H34N2O3/c1-5-17-10-9-11-18-19-12-14-28-23(6-2,22(19)24-21(17)18)16-20(26)27-15-13-25(7-3)8-4/h9-11,24H,5-8,12-16H2,1-4H3. The van der Waals surface area contributed by atoms with Crippen molar-refractivity contribution in [2.45, 2.75) is 59.0 Å². The van der Waals surface area contributed by atoms with Crippen LogP contribution in [0.1, 0.15) is 57.4 Å². The van der Waals surface area contributed by atoms with Crippen LogP contribution in [-0.4, -0.2) is 48.7 Å². The molecule has 1 unspecified atom stereocenters. The number of fused-ring (bicyclic) bond motifs is 3. The average Bonchev–Trinajstić information content (AvgIpc) is 3.11. The molecular weight excluding hydrogens is 352 g/mol. The first kappa shape index (κ1) is 20.9. The third-order valence-corrected chi connectivity index (χ3v) is 6.16. The number of likely N-dealkylation sites (N-methyl/N-ethyl adjacent to an activating group) is 1. The fourth-order valence-electron chi connectivity index (χ4n) is 4.35. The number of rotatable bonds is 9. The van der Waals surface area contributed by atoms with E-state index in [1.54, 1.807) is 0 Å². The lowest BCUT2D eigenvalue weighted by Crippen LogP contribution is -2.38. The predicted octanol–water partition coefficient (Wildman–Crippen LogP) is 4.18. The van der Waals surface area contributed by atoms with Crippen molar-refractivity contribution in [2.75, 3.05) is 32.8 Å². The Morgan fingerprint density at radius 3 is 2.71 bits per heavy atom. The zero-order chi connectivity index (χ0) is 20.1. The molecule has 154 valence electrons. The van der Waals surface area contributed by atoms with E-state index in [1.165, 1.54) is 22.0 Å². The number of para-hydroxylation sites is 1. The number of benzene rings is 1. The van der Waals surface area contributed by atoms with Crippen molar-refractivity contribution < 1.29 is 14.3 Å². The van der Waals surface area contributed by atoms with Gasteiger partial charge in [0.2, 0.25) is 0 Å². The van der Waals surface area contributed by atoms with Gasteiger partial charge in [-0.15, -0.1) is 0 Å². The average molecular weight is 387 g/mol. The summed E-state index contributed by atoms with van der Waals surface area (Å²) in [5.74, 6) is -0.184. The van der Waals surface area contributed by atoms with Crippen molar-refractivity contribution >= 4 is 16.9 Å². The number of aromatic nitrogens is 1. The minimum atomic E-state index is -0.621. The Bertz CT molecular complexity index is 810. The van der Waals surface area contributed by atoms with Gasteiger partial charge in [0.05, 0.1) is 18.7 Å². The van der Waals surface area contributed by atoms with Crippen molar-refractivity contribution in [1.29, 1.82) is 0 Å². The van der Waals surface area contributed by atoms with Gasteiger partial charge in [0.25, 0.3) is 0 Å². The number of hydrogen-bond acceptors (Lipinski definition) is 4. The first-order chi connectivity index (χ1) is 13.6. The lowest BCUT2D eigenvalue weighted by atomic mass is 9.86. The quantitative estimate of drug-likeness (QED) is 0.657. The summed E-state index contributed by atoms with van der Waals surface area (Å²) < 4.78 is 11.8. The summed E-state index contributed by atoms with van der Waals surface area (Å²) in [6.45, 7) is 12.3. The van der Waals surface area contributed by atoms with Crippen molar-refractivity contribution in [1.82, 2.24) is 9.88 Å². The molecule has 1 N–H and O–H groups in total. The van der Waals surface area contributed by atoms with Crippen LogP contribution in [-0.2, 0) is 32.7 Å². The van der Waals surface area contributed by atoms with E-state index in [2.05, 4.69) is 55.8 Å². The molecule has 5 heteroatoms. The molecule has 0 amide bonds. The third-order valence-electron chi connectivity index (χ3n) is 6.16. The molecule has 1 aromatic carbocycles. The number of carbonyl (C=O) groups is 1. The summed E-state index contributed by atoms with van der Waals surface area (Å²) >= 11 is 0. The minimum Gasteiger partial charge on any atom is -0.464 e. The van der Waals surface area contributed by atoms with E-state index in [4.69, 9.17) is 9.47 Å². The Kier molecular flexibility index (Phi) is 6.78. The summed E-state index contributed by atoms with van der Waals surface area (Å²) in [6, 6.07) is 6.47. The van der Waals surface area contributed by atoms with Crippen LogP contribution in [0.25, 0.3) is 10.9 Å². The second-order valence-corrected chi connectivity index (χ2v) is 7.54. The number of aromatic amines is 1. The highest BCUT2D eigenvalue weighted by Gasteiger charge is 2.41. The molecule has 0 aliphatic carbocycles. The first-order valence-electron chi connectivity index (χ1n) is 10.7. The summed E-state index contributed by atoms with van der Waals surface area (Å²) in [6.07, 6.45) is 2.84. The van der Waals surface area contributed by atoms with Gasteiger partial charge in [0, 0.05) is 17.4 Å². The van der Waals surface area contributed by atoms with Crippen molar-refractivity contribution in [3.8, 4) is 0 Å². The van der Waals surface area contributed by atoms with Crippen molar-refractivity contribution in [3.63, 3.8) is 0 Å². The lowest BCUT2D eigenvalue weighted by molar-refractivity contribution is -0.155.